The van der Waals surface area contributed by atoms with Gasteiger partial charge in [0.15, 0.2) is 11.6 Å². The molecule has 1 atom stereocenters. The lowest BCUT2D eigenvalue weighted by Crippen LogP contribution is -2.37. The molecule has 0 spiro atoms. The average molecular weight is 201 g/mol. The summed E-state index contributed by atoms with van der Waals surface area (Å²) in [6, 6.07) is 2.60. The number of carboxylic acid groups (broad SMARTS) is 1. The second-order valence-corrected chi connectivity index (χ2v) is 2.65. The van der Waals surface area contributed by atoms with Crippen LogP contribution in [0.25, 0.3) is 0 Å². The van der Waals surface area contributed by atoms with Crippen molar-refractivity contribution in [3.8, 4) is 5.75 Å². The van der Waals surface area contributed by atoms with Crippen LogP contribution in [-0.2, 0) is 4.79 Å². The normalized spacial score (nSPS) is 12.2. The van der Waals surface area contributed by atoms with E-state index in [0.717, 1.165) is 12.1 Å². The summed E-state index contributed by atoms with van der Waals surface area (Å²) in [4.78, 5) is 10.2. The fourth-order valence-electron chi connectivity index (χ4n) is 0.809. The first-order valence-electron chi connectivity index (χ1n) is 3.83. The van der Waals surface area contributed by atoms with Gasteiger partial charge in [-0.1, -0.05) is 0 Å². The van der Waals surface area contributed by atoms with E-state index in [1.54, 1.807) is 0 Å². The van der Waals surface area contributed by atoms with Crippen molar-refractivity contribution in [3.63, 3.8) is 0 Å². The Bertz CT molecular complexity index is 352. The molecule has 3 nitrogen and oxygen atoms in total. The minimum absolute atomic E-state index is 0.317. The van der Waals surface area contributed by atoms with Gasteiger partial charge in [0.2, 0.25) is 0 Å². The van der Waals surface area contributed by atoms with Crippen molar-refractivity contribution >= 4 is 5.97 Å². The molecule has 1 aromatic rings. The summed E-state index contributed by atoms with van der Waals surface area (Å²) < 4.78 is 30.0. The second kappa shape index (κ2) is 4.04. The lowest BCUT2D eigenvalue weighted by atomic mass is 10.3. The molecule has 1 aromatic carbocycles. The third-order valence-corrected chi connectivity index (χ3v) is 1.53. The second-order valence-electron chi connectivity index (χ2n) is 2.65. The highest BCUT2D eigenvalue weighted by atomic mass is 19.1. The molecule has 0 saturated heterocycles. The number of ether oxygens (including phenoxy) is 1. The van der Waals surface area contributed by atoms with E-state index in [0.29, 0.717) is 6.07 Å². The molecule has 14 heavy (non-hydrogen) atoms. The number of carboxylic acids is 1. The lowest BCUT2D eigenvalue weighted by Gasteiger charge is -2.15. The van der Waals surface area contributed by atoms with Crippen molar-refractivity contribution in [2.75, 3.05) is 0 Å². The smallest absolute Gasteiger partial charge is 0.168 e. The number of aliphatic carboxylic acids is 1. The third kappa shape index (κ3) is 2.42. The van der Waals surface area contributed by atoms with Crippen molar-refractivity contribution in [2.24, 2.45) is 0 Å². The van der Waals surface area contributed by atoms with Crippen LogP contribution in [0, 0.1) is 11.6 Å². The van der Waals surface area contributed by atoms with Gasteiger partial charge in [-0.05, 0) is 19.1 Å². The van der Waals surface area contributed by atoms with Crippen LogP contribution in [0.2, 0.25) is 0 Å². The molecule has 1 rings (SSSR count). The highest BCUT2D eigenvalue weighted by molar-refractivity contribution is 5.69. The van der Waals surface area contributed by atoms with Gasteiger partial charge in [0.25, 0.3) is 0 Å². The van der Waals surface area contributed by atoms with Gasteiger partial charge in [-0.15, -0.1) is 0 Å². The van der Waals surface area contributed by atoms with E-state index in [1.165, 1.54) is 6.92 Å². The maximum absolute atomic E-state index is 12.9. The number of benzene rings is 1. The minimum Gasteiger partial charge on any atom is -0.546 e. The summed E-state index contributed by atoms with van der Waals surface area (Å²) in [5, 5.41) is 10.2. The van der Waals surface area contributed by atoms with Crippen molar-refractivity contribution < 1.29 is 23.4 Å². The number of rotatable bonds is 3. The number of halogens is 2. The molecular weight excluding hydrogens is 194 g/mol. The first kappa shape index (κ1) is 10.4. The molecule has 0 aliphatic carbocycles. The SMILES string of the molecule is C[C@@H](Oc1ccc(F)cc1F)C(=O)[O-]. The van der Waals surface area contributed by atoms with Crippen molar-refractivity contribution in [2.45, 2.75) is 13.0 Å². The van der Waals surface area contributed by atoms with Crippen LogP contribution in [-0.4, -0.2) is 12.1 Å². The molecular formula is C9H7F2O3-. The maximum Gasteiger partial charge on any atom is 0.168 e. The van der Waals surface area contributed by atoms with Crippen LogP contribution in [0.3, 0.4) is 0 Å². The summed E-state index contributed by atoms with van der Waals surface area (Å²) in [6.07, 6.45) is -1.28. The fraction of sp³-hybridized carbons (Fsp3) is 0.222. The number of carbonyl (C=O) groups is 1. The lowest BCUT2D eigenvalue weighted by molar-refractivity contribution is -0.312. The van der Waals surface area contributed by atoms with Crippen molar-refractivity contribution in [1.29, 1.82) is 0 Å². The van der Waals surface area contributed by atoms with Gasteiger partial charge < -0.3 is 14.6 Å². The van der Waals surface area contributed by atoms with Crippen LogP contribution in [0.5, 0.6) is 5.75 Å². The highest BCUT2D eigenvalue weighted by Gasteiger charge is 2.09. The van der Waals surface area contributed by atoms with Crippen LogP contribution in [0.1, 0.15) is 6.92 Å². The Morgan fingerprint density at radius 1 is 1.50 bits per heavy atom. The number of hydrogen-bond acceptors (Lipinski definition) is 3. The third-order valence-electron chi connectivity index (χ3n) is 1.53. The molecule has 0 saturated carbocycles. The van der Waals surface area contributed by atoms with E-state index in [4.69, 9.17) is 0 Å². The Hall–Kier alpha value is -1.65. The van der Waals surface area contributed by atoms with E-state index in [1.807, 2.05) is 0 Å². The van der Waals surface area contributed by atoms with Crippen molar-refractivity contribution in [1.82, 2.24) is 0 Å². The first-order chi connectivity index (χ1) is 6.50. The molecule has 0 fully saturated rings. The van der Waals surface area contributed by atoms with Gasteiger partial charge in [-0.25, -0.2) is 8.78 Å². The van der Waals surface area contributed by atoms with Crippen LogP contribution >= 0.6 is 0 Å². The van der Waals surface area contributed by atoms with Crippen LogP contribution in [0.4, 0.5) is 8.78 Å². The average Bonchev–Trinajstić information content (AvgIpc) is 2.09. The zero-order chi connectivity index (χ0) is 10.7. The zero-order valence-corrected chi connectivity index (χ0v) is 7.29. The van der Waals surface area contributed by atoms with Gasteiger partial charge in [-0.3, -0.25) is 0 Å². The molecule has 0 aliphatic heterocycles. The topological polar surface area (TPSA) is 49.4 Å². The predicted octanol–water partition coefficient (Wildman–Crippen LogP) is 0.482. The summed E-state index contributed by atoms with van der Waals surface area (Å²) in [5.41, 5.74) is 0. The monoisotopic (exact) mass is 201 g/mol. The molecule has 0 heterocycles. The number of hydrogen-bond donors (Lipinski definition) is 0. The Morgan fingerprint density at radius 3 is 2.64 bits per heavy atom. The quantitative estimate of drug-likeness (QED) is 0.714. The summed E-state index contributed by atoms with van der Waals surface area (Å²) in [7, 11) is 0. The predicted molar refractivity (Wildman–Crippen MR) is 41.5 cm³/mol. The maximum atomic E-state index is 12.9. The molecule has 0 aromatic heterocycles. The fourth-order valence-corrected chi connectivity index (χ4v) is 0.809. The van der Waals surface area contributed by atoms with E-state index in [-0.39, 0.29) is 5.75 Å². The van der Waals surface area contributed by atoms with Crippen LogP contribution < -0.4 is 9.84 Å². The minimum atomic E-state index is -1.46. The van der Waals surface area contributed by atoms with E-state index in [9.17, 15) is 18.7 Å². The standard InChI is InChI=1S/C9H8F2O3/c1-5(9(12)13)14-8-3-2-6(10)4-7(8)11/h2-5H,1H3,(H,12,13)/p-1/t5-/m1/s1. The summed E-state index contributed by atoms with van der Waals surface area (Å²) in [6.45, 7) is 1.19. The van der Waals surface area contributed by atoms with Gasteiger partial charge in [-0.2, -0.15) is 0 Å². The van der Waals surface area contributed by atoms with E-state index in [2.05, 4.69) is 4.74 Å². The Morgan fingerprint density at radius 2 is 2.14 bits per heavy atom. The van der Waals surface area contributed by atoms with E-state index >= 15 is 0 Å². The molecule has 5 heteroatoms. The Kier molecular flexibility index (Phi) is 3.01. The van der Waals surface area contributed by atoms with Gasteiger partial charge in [0.05, 0.1) is 5.97 Å². The molecule has 76 valence electrons. The van der Waals surface area contributed by atoms with E-state index < -0.39 is 23.7 Å². The Labute approximate surface area is 78.9 Å². The first-order valence-corrected chi connectivity index (χ1v) is 3.83. The molecule has 0 amide bonds. The molecule has 0 aliphatic rings. The highest BCUT2D eigenvalue weighted by Crippen LogP contribution is 2.18. The molecule has 0 bridgehead atoms. The summed E-state index contributed by atoms with van der Waals surface area (Å²) >= 11 is 0. The molecule has 0 N–H and O–H groups in total. The Balaban J connectivity index is 2.82. The van der Waals surface area contributed by atoms with Crippen molar-refractivity contribution in [3.05, 3.63) is 29.8 Å². The van der Waals surface area contributed by atoms with Crippen LogP contribution in [0.15, 0.2) is 18.2 Å². The largest absolute Gasteiger partial charge is 0.546 e. The van der Waals surface area contributed by atoms with Gasteiger partial charge >= 0.3 is 0 Å². The molecule has 0 unspecified atom stereocenters. The zero-order valence-electron chi connectivity index (χ0n) is 7.29. The van der Waals surface area contributed by atoms with Gasteiger partial charge in [0, 0.05) is 6.07 Å². The summed E-state index contributed by atoms with van der Waals surface area (Å²) in [5.74, 6) is -3.48. The molecule has 0 radical (unpaired) electrons. The van der Waals surface area contributed by atoms with Gasteiger partial charge in [0.1, 0.15) is 11.9 Å². The number of carbonyl (C=O) groups excluding carboxylic acids is 1.